The molecule has 0 bridgehead atoms. The second kappa shape index (κ2) is 11.2. The van der Waals surface area contributed by atoms with E-state index in [0.717, 1.165) is 50.1 Å². The van der Waals surface area contributed by atoms with E-state index < -0.39 is 11.9 Å². The van der Waals surface area contributed by atoms with E-state index in [9.17, 15) is 9.59 Å². The number of rotatable bonds is 9. The van der Waals surface area contributed by atoms with Gasteiger partial charge in [0.25, 0.3) is 0 Å². The molecule has 3 aromatic carbocycles. The lowest BCUT2D eigenvalue weighted by Gasteiger charge is -2.23. The number of benzene rings is 3. The van der Waals surface area contributed by atoms with E-state index in [1.807, 2.05) is 67.0 Å². The van der Waals surface area contributed by atoms with Crippen LogP contribution in [-0.4, -0.2) is 49.4 Å². The van der Waals surface area contributed by atoms with Gasteiger partial charge in [-0.25, -0.2) is 0 Å². The molecule has 1 aliphatic rings. The maximum Gasteiger partial charge on any atom is 0.325 e. The van der Waals surface area contributed by atoms with Crippen LogP contribution in [0.1, 0.15) is 30.5 Å². The van der Waals surface area contributed by atoms with E-state index in [4.69, 9.17) is 9.47 Å². The van der Waals surface area contributed by atoms with Crippen molar-refractivity contribution in [3.8, 4) is 0 Å². The summed E-state index contributed by atoms with van der Waals surface area (Å²) in [5.41, 5.74) is 7.92. The normalized spacial score (nSPS) is 13.3. The molecule has 1 aromatic heterocycles. The minimum absolute atomic E-state index is 0.0531. The van der Waals surface area contributed by atoms with Crippen molar-refractivity contribution in [3.63, 3.8) is 0 Å². The minimum atomic E-state index is -0.402. The molecule has 0 saturated carbocycles. The van der Waals surface area contributed by atoms with Gasteiger partial charge >= 0.3 is 11.9 Å². The number of nitrogens with one attached hydrogen (secondary N) is 1. The van der Waals surface area contributed by atoms with Gasteiger partial charge in [0.05, 0.1) is 18.9 Å². The fourth-order valence-corrected chi connectivity index (χ4v) is 4.75. The Labute approximate surface area is 221 Å². The third-order valence-electron chi connectivity index (χ3n) is 6.43. The van der Waals surface area contributed by atoms with Crippen LogP contribution >= 0.6 is 0 Å². The standard InChI is InChI=1S/C31H29N3O4/c1-3-37-29(35)19-34(20-30(36)38-4-2)22-15-13-21(14-16-22)31(25-17-32-27-11-7-5-9-23(25)27)26-18-33-28-12-8-6-10-24(26)28/h5-18,32H,3-4,19-20H2,1-2H3/b31-26+. The second-order valence-electron chi connectivity index (χ2n) is 8.82. The highest BCUT2D eigenvalue weighted by Crippen LogP contribution is 2.41. The molecular formula is C31H29N3O4. The molecule has 0 spiro atoms. The number of H-pyrrole nitrogens is 1. The summed E-state index contributed by atoms with van der Waals surface area (Å²) < 4.78 is 10.3. The number of hydrogen-bond donors (Lipinski definition) is 1. The molecule has 38 heavy (non-hydrogen) atoms. The van der Waals surface area contributed by atoms with Crippen LogP contribution < -0.4 is 4.90 Å². The predicted molar refractivity (Wildman–Crippen MR) is 151 cm³/mol. The summed E-state index contributed by atoms with van der Waals surface area (Å²) in [5.74, 6) is -0.803. The number of anilines is 1. The Morgan fingerprint density at radius 3 is 2.21 bits per heavy atom. The van der Waals surface area contributed by atoms with E-state index >= 15 is 0 Å². The average Bonchev–Trinajstić information content (AvgIpc) is 3.55. The van der Waals surface area contributed by atoms with Gasteiger partial charge in [0.15, 0.2) is 0 Å². The van der Waals surface area contributed by atoms with Crippen LogP contribution in [0.15, 0.2) is 84.0 Å². The molecule has 1 aliphatic heterocycles. The highest BCUT2D eigenvalue weighted by atomic mass is 16.5. The lowest BCUT2D eigenvalue weighted by molar-refractivity contribution is -0.142. The average molecular weight is 508 g/mol. The SMILES string of the molecule is CCOC(=O)CN(CC(=O)OCC)c1ccc(/C(=C2/C=Nc3ccccc32)c2c[nH]c3ccccc23)cc1. The van der Waals surface area contributed by atoms with Crippen molar-refractivity contribution >= 4 is 51.6 Å². The molecule has 7 heteroatoms. The van der Waals surface area contributed by atoms with Crippen molar-refractivity contribution in [1.82, 2.24) is 4.98 Å². The van der Waals surface area contributed by atoms with Crippen molar-refractivity contribution in [2.24, 2.45) is 4.99 Å². The number of carbonyl (C=O) groups is 2. The number of nitrogens with zero attached hydrogens (tertiary/aromatic N) is 2. The molecule has 0 atom stereocenters. The molecule has 0 radical (unpaired) electrons. The van der Waals surface area contributed by atoms with Crippen molar-refractivity contribution < 1.29 is 19.1 Å². The topological polar surface area (TPSA) is 84.0 Å². The Hall–Kier alpha value is -4.65. The number of carbonyl (C=O) groups excluding carboxylic acids is 2. The maximum atomic E-state index is 12.3. The van der Waals surface area contributed by atoms with Gasteiger partial charge in [-0.1, -0.05) is 48.5 Å². The zero-order chi connectivity index (χ0) is 26.5. The van der Waals surface area contributed by atoms with Gasteiger partial charge in [0, 0.05) is 51.3 Å². The summed E-state index contributed by atoms with van der Waals surface area (Å²) in [6.45, 7) is 3.95. The van der Waals surface area contributed by atoms with Gasteiger partial charge in [-0.05, 0) is 43.7 Å². The summed E-state index contributed by atoms with van der Waals surface area (Å²) in [6.07, 6.45) is 3.95. The molecule has 1 N–H and O–H groups in total. The third-order valence-corrected chi connectivity index (χ3v) is 6.43. The maximum absolute atomic E-state index is 12.3. The number of aromatic amines is 1. The van der Waals surface area contributed by atoms with Gasteiger partial charge in [-0.15, -0.1) is 0 Å². The quantitative estimate of drug-likeness (QED) is 0.291. The van der Waals surface area contributed by atoms with Crippen LogP contribution in [-0.2, 0) is 19.1 Å². The van der Waals surface area contributed by atoms with Gasteiger partial charge < -0.3 is 19.4 Å². The van der Waals surface area contributed by atoms with E-state index in [2.05, 4.69) is 28.2 Å². The van der Waals surface area contributed by atoms with Gasteiger partial charge in [0.1, 0.15) is 13.1 Å². The van der Waals surface area contributed by atoms with Crippen molar-refractivity contribution in [2.45, 2.75) is 13.8 Å². The number of para-hydroxylation sites is 2. The van der Waals surface area contributed by atoms with E-state index in [-0.39, 0.29) is 26.3 Å². The monoisotopic (exact) mass is 507 g/mol. The van der Waals surface area contributed by atoms with Crippen molar-refractivity contribution in [2.75, 3.05) is 31.2 Å². The Morgan fingerprint density at radius 1 is 0.842 bits per heavy atom. The zero-order valence-electron chi connectivity index (χ0n) is 21.4. The van der Waals surface area contributed by atoms with Gasteiger partial charge in [-0.3, -0.25) is 14.6 Å². The highest BCUT2D eigenvalue weighted by Gasteiger charge is 2.22. The Bertz CT molecular complexity index is 1510. The van der Waals surface area contributed by atoms with E-state index in [0.29, 0.717) is 0 Å². The molecule has 0 fully saturated rings. The first kappa shape index (κ1) is 25.0. The lowest BCUT2D eigenvalue weighted by Crippen LogP contribution is -2.36. The van der Waals surface area contributed by atoms with Gasteiger partial charge in [-0.2, -0.15) is 0 Å². The number of hydrogen-bond acceptors (Lipinski definition) is 6. The largest absolute Gasteiger partial charge is 0.465 e. The van der Waals surface area contributed by atoms with Crippen LogP contribution in [0.2, 0.25) is 0 Å². The molecule has 2 heterocycles. The first-order valence-electron chi connectivity index (χ1n) is 12.7. The number of aliphatic imine (C=N–C) groups is 1. The van der Waals surface area contributed by atoms with Crippen molar-refractivity contribution in [1.29, 1.82) is 0 Å². The fraction of sp³-hybridized carbons (Fsp3) is 0.194. The van der Waals surface area contributed by atoms with Crippen molar-refractivity contribution in [3.05, 3.63) is 95.7 Å². The summed E-state index contributed by atoms with van der Waals surface area (Å²) >= 11 is 0. The lowest BCUT2D eigenvalue weighted by atomic mass is 9.90. The Balaban J connectivity index is 1.58. The molecule has 0 saturated heterocycles. The zero-order valence-corrected chi connectivity index (χ0v) is 21.4. The summed E-state index contributed by atoms with van der Waals surface area (Å²) in [6, 6.07) is 24.2. The summed E-state index contributed by atoms with van der Waals surface area (Å²) in [4.78, 5) is 34.3. The first-order chi connectivity index (χ1) is 18.6. The molecule has 0 unspecified atom stereocenters. The third kappa shape index (κ3) is 5.09. The number of esters is 2. The molecule has 7 nitrogen and oxygen atoms in total. The molecule has 0 aliphatic carbocycles. The van der Waals surface area contributed by atoms with E-state index in [1.165, 1.54) is 0 Å². The highest BCUT2D eigenvalue weighted by molar-refractivity contribution is 6.27. The number of aromatic nitrogens is 1. The predicted octanol–water partition coefficient (Wildman–Crippen LogP) is 5.78. The Morgan fingerprint density at radius 2 is 1.50 bits per heavy atom. The van der Waals surface area contributed by atoms with Crippen LogP contribution in [0, 0.1) is 0 Å². The molecule has 4 aromatic rings. The van der Waals surface area contributed by atoms with Crippen LogP contribution in [0.4, 0.5) is 11.4 Å². The number of allylic oxidation sites excluding steroid dienone is 1. The van der Waals surface area contributed by atoms with Crippen LogP contribution in [0.25, 0.3) is 22.0 Å². The molecule has 192 valence electrons. The van der Waals surface area contributed by atoms with Crippen LogP contribution in [0.3, 0.4) is 0 Å². The number of ether oxygens (including phenoxy) is 2. The minimum Gasteiger partial charge on any atom is -0.465 e. The molecule has 0 amide bonds. The second-order valence-corrected chi connectivity index (χ2v) is 8.82. The van der Waals surface area contributed by atoms with Crippen LogP contribution in [0.5, 0.6) is 0 Å². The first-order valence-corrected chi connectivity index (χ1v) is 12.7. The molecular weight excluding hydrogens is 478 g/mol. The van der Waals surface area contributed by atoms with E-state index in [1.54, 1.807) is 18.7 Å². The molecule has 5 rings (SSSR count). The fourth-order valence-electron chi connectivity index (χ4n) is 4.75. The smallest absolute Gasteiger partial charge is 0.325 e. The number of fused-ring (bicyclic) bond motifs is 2. The Kier molecular flexibility index (Phi) is 7.35. The summed E-state index contributed by atoms with van der Waals surface area (Å²) in [7, 11) is 0. The van der Waals surface area contributed by atoms with Gasteiger partial charge in [0.2, 0.25) is 0 Å². The summed E-state index contributed by atoms with van der Waals surface area (Å²) in [5, 5.41) is 1.11.